The molecule has 0 amide bonds. The smallest absolute Gasteiger partial charge is 0.128 e. The summed E-state index contributed by atoms with van der Waals surface area (Å²) in [4.78, 5) is 11.9. The Morgan fingerprint density at radius 1 is 1.30 bits per heavy atom. The molecule has 3 rings (SSSR count). The highest BCUT2D eigenvalue weighted by molar-refractivity contribution is 7.99. The predicted octanol–water partition coefficient (Wildman–Crippen LogP) is 2.16. The van der Waals surface area contributed by atoms with Crippen molar-refractivity contribution in [3.05, 3.63) is 16.3 Å². The number of nitrogens with one attached hydrogen (secondary N) is 1. The molecule has 0 bridgehead atoms. The molecule has 108 valence electrons. The Hall–Kier alpha value is -0.690. The summed E-state index contributed by atoms with van der Waals surface area (Å²) in [6, 6.07) is 0. The van der Waals surface area contributed by atoms with Gasteiger partial charge >= 0.3 is 0 Å². The normalized spacial score (nSPS) is 14.1. The van der Waals surface area contributed by atoms with Crippen LogP contribution in [0, 0.1) is 6.92 Å². The minimum Gasteiger partial charge on any atom is -0.395 e. The second-order valence-electron chi connectivity index (χ2n) is 4.94. The second-order valence-corrected chi connectivity index (χ2v) is 7.10. The molecule has 20 heavy (non-hydrogen) atoms. The summed E-state index contributed by atoms with van der Waals surface area (Å²) in [5.74, 6) is 1.83. The van der Waals surface area contributed by atoms with Crippen molar-refractivity contribution in [3.63, 3.8) is 0 Å². The molecule has 0 saturated heterocycles. The van der Waals surface area contributed by atoms with Gasteiger partial charge in [0.2, 0.25) is 0 Å². The molecule has 0 aliphatic heterocycles. The number of aliphatic hydroxyl groups is 1. The summed E-state index contributed by atoms with van der Waals surface area (Å²) in [7, 11) is 0. The van der Waals surface area contributed by atoms with E-state index in [0.29, 0.717) is 6.54 Å². The fourth-order valence-corrected chi connectivity index (χ4v) is 4.96. The molecule has 0 radical (unpaired) electrons. The highest BCUT2D eigenvalue weighted by Gasteiger charge is 2.21. The number of thiophene rings is 1. The van der Waals surface area contributed by atoms with E-state index < -0.39 is 0 Å². The third-order valence-corrected chi connectivity index (χ3v) is 5.61. The van der Waals surface area contributed by atoms with Gasteiger partial charge in [0.15, 0.2) is 0 Å². The van der Waals surface area contributed by atoms with E-state index >= 15 is 0 Å². The van der Waals surface area contributed by atoms with Gasteiger partial charge in [-0.25, -0.2) is 9.97 Å². The molecule has 4 nitrogen and oxygen atoms in total. The van der Waals surface area contributed by atoms with Crippen molar-refractivity contribution in [3.8, 4) is 0 Å². The number of nitrogens with zero attached hydrogens (tertiary/aromatic N) is 2. The summed E-state index contributed by atoms with van der Waals surface area (Å²) in [6.45, 7) is 3.71. The Labute approximate surface area is 127 Å². The second kappa shape index (κ2) is 6.39. The molecule has 0 atom stereocenters. The van der Waals surface area contributed by atoms with E-state index in [1.165, 1.54) is 35.1 Å². The quantitative estimate of drug-likeness (QED) is 0.486. The number of rotatable bonds is 6. The third-order valence-electron chi connectivity index (χ3n) is 3.45. The summed E-state index contributed by atoms with van der Waals surface area (Å²) in [5.41, 5.74) is 1.50. The number of aromatic nitrogens is 2. The number of hydrogen-bond donors (Lipinski definition) is 2. The van der Waals surface area contributed by atoms with E-state index in [1.54, 1.807) is 11.8 Å². The molecule has 0 spiro atoms. The molecule has 0 saturated carbocycles. The first kappa shape index (κ1) is 14.3. The van der Waals surface area contributed by atoms with E-state index in [1.807, 2.05) is 18.3 Å². The molecular weight excluding hydrogens is 290 g/mol. The number of aryl methyl sites for hydroxylation is 3. The maximum absolute atomic E-state index is 8.75. The van der Waals surface area contributed by atoms with E-state index in [-0.39, 0.29) is 6.61 Å². The van der Waals surface area contributed by atoms with Crippen LogP contribution < -0.4 is 5.32 Å². The summed E-state index contributed by atoms with van der Waals surface area (Å²) in [6.07, 6.45) is 3.66. The van der Waals surface area contributed by atoms with E-state index in [9.17, 15) is 0 Å². The zero-order valence-corrected chi connectivity index (χ0v) is 13.2. The van der Waals surface area contributed by atoms with Crippen LogP contribution in [-0.2, 0) is 12.8 Å². The summed E-state index contributed by atoms with van der Waals surface area (Å²) in [5, 5.41) is 14.4. The fourth-order valence-electron chi connectivity index (χ4n) is 2.59. The van der Waals surface area contributed by atoms with Gasteiger partial charge in [-0.2, -0.15) is 0 Å². The molecule has 0 fully saturated rings. The molecule has 2 aromatic heterocycles. The topological polar surface area (TPSA) is 58.0 Å². The van der Waals surface area contributed by atoms with Gasteiger partial charge < -0.3 is 10.4 Å². The first-order valence-electron chi connectivity index (χ1n) is 7.03. The van der Waals surface area contributed by atoms with Crippen molar-refractivity contribution >= 4 is 33.3 Å². The van der Waals surface area contributed by atoms with Gasteiger partial charge in [-0.1, -0.05) is 0 Å². The predicted molar refractivity (Wildman–Crippen MR) is 84.9 cm³/mol. The van der Waals surface area contributed by atoms with Crippen LogP contribution in [0.1, 0.15) is 22.7 Å². The molecule has 0 unspecified atom stereocenters. The van der Waals surface area contributed by atoms with Crippen LogP contribution in [0.25, 0.3) is 10.2 Å². The third kappa shape index (κ3) is 2.83. The Morgan fingerprint density at radius 3 is 3.05 bits per heavy atom. The van der Waals surface area contributed by atoms with Crippen LogP contribution >= 0.6 is 23.1 Å². The Balaban J connectivity index is 1.82. The van der Waals surface area contributed by atoms with E-state index in [2.05, 4.69) is 15.3 Å². The molecule has 1 aliphatic carbocycles. The van der Waals surface area contributed by atoms with Gasteiger partial charge in [0, 0.05) is 29.1 Å². The van der Waals surface area contributed by atoms with Gasteiger partial charge in [0.25, 0.3) is 0 Å². The van der Waals surface area contributed by atoms with Crippen LogP contribution in [0.3, 0.4) is 0 Å². The monoisotopic (exact) mass is 309 g/mol. The molecule has 2 N–H and O–H groups in total. The summed E-state index contributed by atoms with van der Waals surface area (Å²) >= 11 is 3.65. The first-order chi connectivity index (χ1) is 9.79. The molecule has 6 heteroatoms. The van der Waals surface area contributed by atoms with Crippen LogP contribution in [0.15, 0.2) is 5.03 Å². The molecule has 2 heterocycles. The van der Waals surface area contributed by atoms with Gasteiger partial charge in [-0.05, 0) is 31.7 Å². The van der Waals surface area contributed by atoms with Gasteiger partial charge in [-0.3, -0.25) is 0 Å². The van der Waals surface area contributed by atoms with Crippen LogP contribution in [0.2, 0.25) is 0 Å². The maximum atomic E-state index is 8.75. The number of fused-ring (bicyclic) bond motifs is 3. The zero-order chi connectivity index (χ0) is 13.9. The average Bonchev–Trinajstić information content (AvgIpc) is 2.98. The van der Waals surface area contributed by atoms with Crippen molar-refractivity contribution < 1.29 is 5.11 Å². The fraction of sp³-hybridized carbons (Fsp3) is 0.571. The SMILES string of the molecule is Cc1nc(SCCNCCO)c2c3c(sc2n1)CCC3. The zero-order valence-electron chi connectivity index (χ0n) is 11.6. The number of thioether (sulfide) groups is 1. The molecule has 1 aliphatic rings. The lowest BCUT2D eigenvalue weighted by Gasteiger charge is -2.06. The van der Waals surface area contributed by atoms with Gasteiger partial charge in [-0.15, -0.1) is 23.1 Å². The minimum absolute atomic E-state index is 0.194. The van der Waals surface area contributed by atoms with Crippen molar-refractivity contribution in [1.29, 1.82) is 0 Å². The Morgan fingerprint density at radius 2 is 2.20 bits per heavy atom. The molecular formula is C14H19N3OS2. The van der Waals surface area contributed by atoms with Crippen molar-refractivity contribution in [2.24, 2.45) is 0 Å². The van der Waals surface area contributed by atoms with Crippen molar-refractivity contribution in [2.45, 2.75) is 31.2 Å². The van der Waals surface area contributed by atoms with Crippen LogP contribution in [0.4, 0.5) is 0 Å². The van der Waals surface area contributed by atoms with Crippen LogP contribution in [-0.4, -0.2) is 40.5 Å². The lowest BCUT2D eigenvalue weighted by atomic mass is 10.2. The minimum atomic E-state index is 0.194. The highest BCUT2D eigenvalue weighted by Crippen LogP contribution is 2.40. The molecule has 0 aromatic carbocycles. The number of hydrogen-bond acceptors (Lipinski definition) is 6. The van der Waals surface area contributed by atoms with Crippen LogP contribution in [0.5, 0.6) is 0 Å². The number of aliphatic hydroxyl groups excluding tert-OH is 1. The first-order valence-corrected chi connectivity index (χ1v) is 8.83. The van der Waals surface area contributed by atoms with E-state index in [0.717, 1.165) is 28.0 Å². The van der Waals surface area contributed by atoms with E-state index in [4.69, 9.17) is 5.11 Å². The highest BCUT2D eigenvalue weighted by atomic mass is 32.2. The van der Waals surface area contributed by atoms with Gasteiger partial charge in [0.1, 0.15) is 15.7 Å². The largest absolute Gasteiger partial charge is 0.395 e. The van der Waals surface area contributed by atoms with Crippen molar-refractivity contribution in [2.75, 3.05) is 25.4 Å². The Kier molecular flexibility index (Phi) is 4.55. The standard InChI is InChI=1S/C14H19N3OS2/c1-9-16-13(19-8-6-15-5-7-18)12-10-3-2-4-11(10)20-14(12)17-9/h15,18H,2-8H2,1H3. The lowest BCUT2D eigenvalue weighted by Crippen LogP contribution is -2.20. The van der Waals surface area contributed by atoms with Crippen molar-refractivity contribution in [1.82, 2.24) is 15.3 Å². The summed E-state index contributed by atoms with van der Waals surface area (Å²) < 4.78 is 0. The Bertz CT molecular complexity index is 612. The maximum Gasteiger partial charge on any atom is 0.128 e. The average molecular weight is 309 g/mol. The molecule has 2 aromatic rings. The van der Waals surface area contributed by atoms with Gasteiger partial charge in [0.05, 0.1) is 6.61 Å². The lowest BCUT2D eigenvalue weighted by molar-refractivity contribution is 0.294.